The van der Waals surface area contributed by atoms with Crippen LogP contribution in [0.3, 0.4) is 0 Å². The van der Waals surface area contributed by atoms with E-state index < -0.39 is 0 Å². The Kier molecular flexibility index (Phi) is 6.30. The highest BCUT2D eigenvalue weighted by Crippen LogP contribution is 2.08. The predicted octanol–water partition coefficient (Wildman–Crippen LogP) is 3.96. The van der Waals surface area contributed by atoms with Crippen LogP contribution in [0.1, 0.15) is 36.2 Å². The predicted molar refractivity (Wildman–Crippen MR) is 79.0 cm³/mol. The largest absolute Gasteiger partial charge is 0.277 e. The summed E-state index contributed by atoms with van der Waals surface area (Å²) in [6.45, 7) is 5.77. The molecule has 19 heavy (non-hydrogen) atoms. The molecule has 0 aliphatic heterocycles. The third-order valence-corrected chi connectivity index (χ3v) is 2.59. The van der Waals surface area contributed by atoms with E-state index in [9.17, 15) is 4.79 Å². The van der Waals surface area contributed by atoms with Crippen LogP contribution in [-0.4, -0.2) is 15.5 Å². The normalized spacial score (nSPS) is 10.1. The van der Waals surface area contributed by atoms with E-state index in [1.54, 1.807) is 12.4 Å². The SMILES string of the molecule is CC(=O)n1ccnc1.CC/C=C\c1ccccc1C. The van der Waals surface area contributed by atoms with Crippen molar-refractivity contribution in [1.29, 1.82) is 0 Å². The highest BCUT2D eigenvalue weighted by molar-refractivity contribution is 5.75. The third kappa shape index (κ3) is 5.34. The molecule has 2 aromatic rings. The van der Waals surface area contributed by atoms with Crippen LogP contribution in [0.4, 0.5) is 0 Å². The van der Waals surface area contributed by atoms with Crippen LogP contribution in [0.15, 0.2) is 49.1 Å². The number of carbonyl (C=O) groups is 1. The van der Waals surface area contributed by atoms with Crippen molar-refractivity contribution in [3.05, 3.63) is 60.2 Å². The first-order valence-corrected chi connectivity index (χ1v) is 6.36. The van der Waals surface area contributed by atoms with Gasteiger partial charge < -0.3 is 0 Å². The molecule has 1 aromatic heterocycles. The first-order chi connectivity index (χ1) is 9.15. The fourth-order valence-corrected chi connectivity index (χ4v) is 1.46. The molecular weight excluding hydrogens is 236 g/mol. The summed E-state index contributed by atoms with van der Waals surface area (Å²) in [5.74, 6) is -0.0116. The molecule has 3 nitrogen and oxygen atoms in total. The van der Waals surface area contributed by atoms with Gasteiger partial charge in [0, 0.05) is 19.3 Å². The molecule has 0 radical (unpaired) electrons. The maximum Gasteiger partial charge on any atom is 0.228 e. The molecule has 3 heteroatoms. The number of imidazole rings is 1. The lowest BCUT2D eigenvalue weighted by atomic mass is 10.1. The molecule has 0 atom stereocenters. The molecule has 1 heterocycles. The van der Waals surface area contributed by atoms with Gasteiger partial charge in [0.05, 0.1) is 0 Å². The summed E-state index contributed by atoms with van der Waals surface area (Å²) in [7, 11) is 0. The number of hydrogen-bond donors (Lipinski definition) is 0. The summed E-state index contributed by atoms with van der Waals surface area (Å²) >= 11 is 0. The van der Waals surface area contributed by atoms with E-state index in [1.807, 2.05) is 0 Å². The van der Waals surface area contributed by atoms with Crippen LogP contribution in [0.2, 0.25) is 0 Å². The van der Waals surface area contributed by atoms with Crippen molar-refractivity contribution in [1.82, 2.24) is 9.55 Å². The minimum Gasteiger partial charge on any atom is -0.277 e. The Balaban J connectivity index is 0.000000200. The van der Waals surface area contributed by atoms with Gasteiger partial charge in [-0.15, -0.1) is 0 Å². The number of aryl methyl sites for hydroxylation is 1. The van der Waals surface area contributed by atoms with Crippen LogP contribution in [0.5, 0.6) is 0 Å². The average molecular weight is 256 g/mol. The zero-order chi connectivity index (χ0) is 14.1. The standard InChI is InChI=1S/C11H14.C5H6N2O/c1-3-4-8-11-9-6-5-7-10(11)2;1-5(8)7-3-2-6-4-7/h4-9H,3H2,1-2H3;2-4H,1H3/b8-4-;. The number of nitrogens with zero attached hydrogens (tertiary/aromatic N) is 2. The van der Waals surface area contributed by atoms with Crippen molar-refractivity contribution in [2.45, 2.75) is 27.2 Å². The first kappa shape index (κ1) is 14.9. The fraction of sp³-hybridized carbons (Fsp3) is 0.250. The van der Waals surface area contributed by atoms with E-state index in [2.05, 4.69) is 55.2 Å². The minimum absolute atomic E-state index is 0.0116. The van der Waals surface area contributed by atoms with Gasteiger partial charge in [-0.3, -0.25) is 9.36 Å². The Morgan fingerprint density at radius 1 is 1.37 bits per heavy atom. The van der Waals surface area contributed by atoms with Gasteiger partial charge in [-0.1, -0.05) is 43.3 Å². The molecule has 2 rings (SSSR count). The van der Waals surface area contributed by atoms with E-state index >= 15 is 0 Å². The maximum atomic E-state index is 10.4. The Morgan fingerprint density at radius 2 is 2.11 bits per heavy atom. The second-order valence-corrected chi connectivity index (χ2v) is 4.16. The van der Waals surface area contributed by atoms with Crippen molar-refractivity contribution < 1.29 is 4.79 Å². The van der Waals surface area contributed by atoms with E-state index in [1.165, 1.54) is 28.9 Å². The molecule has 100 valence electrons. The molecular formula is C16H20N2O. The lowest BCUT2D eigenvalue weighted by molar-refractivity contribution is 0.0936. The molecule has 1 aromatic carbocycles. The Morgan fingerprint density at radius 3 is 2.58 bits per heavy atom. The molecule has 0 amide bonds. The summed E-state index contributed by atoms with van der Waals surface area (Å²) in [4.78, 5) is 14.1. The van der Waals surface area contributed by atoms with Crippen LogP contribution in [-0.2, 0) is 0 Å². The second-order valence-electron chi connectivity index (χ2n) is 4.16. The molecule has 0 saturated carbocycles. The van der Waals surface area contributed by atoms with Gasteiger partial charge in [-0.05, 0) is 24.5 Å². The fourth-order valence-electron chi connectivity index (χ4n) is 1.46. The smallest absolute Gasteiger partial charge is 0.228 e. The summed E-state index contributed by atoms with van der Waals surface area (Å²) in [6, 6.07) is 8.41. The summed E-state index contributed by atoms with van der Waals surface area (Å²) in [5, 5.41) is 0. The molecule has 0 spiro atoms. The molecule has 0 bridgehead atoms. The maximum absolute atomic E-state index is 10.4. The van der Waals surface area contributed by atoms with Crippen LogP contribution < -0.4 is 0 Å². The van der Waals surface area contributed by atoms with Gasteiger partial charge in [0.1, 0.15) is 6.33 Å². The number of rotatable bonds is 2. The summed E-state index contributed by atoms with van der Waals surface area (Å²) < 4.78 is 1.42. The summed E-state index contributed by atoms with van der Waals surface area (Å²) in [6.07, 6.45) is 10.1. The highest BCUT2D eigenvalue weighted by atomic mass is 16.1. The van der Waals surface area contributed by atoms with E-state index in [4.69, 9.17) is 0 Å². The highest BCUT2D eigenvalue weighted by Gasteiger charge is 1.90. The van der Waals surface area contributed by atoms with Crippen molar-refractivity contribution >= 4 is 12.0 Å². The first-order valence-electron chi connectivity index (χ1n) is 6.36. The van der Waals surface area contributed by atoms with Crippen molar-refractivity contribution in [3.8, 4) is 0 Å². The number of carbonyl (C=O) groups excluding carboxylic acids is 1. The van der Waals surface area contributed by atoms with Crippen LogP contribution in [0, 0.1) is 6.92 Å². The second kappa shape index (κ2) is 8.03. The molecule has 0 N–H and O–H groups in total. The molecule has 0 aliphatic rings. The van der Waals surface area contributed by atoms with Crippen molar-refractivity contribution in [2.75, 3.05) is 0 Å². The van der Waals surface area contributed by atoms with Crippen LogP contribution >= 0.6 is 0 Å². The van der Waals surface area contributed by atoms with E-state index in [0.29, 0.717) is 0 Å². The van der Waals surface area contributed by atoms with E-state index in [-0.39, 0.29) is 5.91 Å². The van der Waals surface area contributed by atoms with Crippen LogP contribution in [0.25, 0.3) is 6.08 Å². The third-order valence-electron chi connectivity index (χ3n) is 2.59. The number of allylic oxidation sites excluding steroid dienone is 1. The van der Waals surface area contributed by atoms with Gasteiger partial charge in [0.2, 0.25) is 5.91 Å². The van der Waals surface area contributed by atoms with Gasteiger partial charge in [0.15, 0.2) is 0 Å². The molecule has 0 saturated heterocycles. The number of benzene rings is 1. The monoisotopic (exact) mass is 256 g/mol. The Labute approximate surface area is 114 Å². The van der Waals surface area contributed by atoms with Gasteiger partial charge in [0.25, 0.3) is 0 Å². The molecule has 0 fully saturated rings. The quantitative estimate of drug-likeness (QED) is 0.815. The van der Waals surface area contributed by atoms with Gasteiger partial charge >= 0.3 is 0 Å². The lowest BCUT2D eigenvalue weighted by Crippen LogP contribution is -2.00. The number of hydrogen-bond acceptors (Lipinski definition) is 2. The van der Waals surface area contributed by atoms with E-state index in [0.717, 1.165) is 6.42 Å². The van der Waals surface area contributed by atoms with Gasteiger partial charge in [-0.25, -0.2) is 4.98 Å². The topological polar surface area (TPSA) is 34.9 Å². The number of aromatic nitrogens is 2. The van der Waals surface area contributed by atoms with Crippen molar-refractivity contribution in [3.63, 3.8) is 0 Å². The zero-order valence-electron chi connectivity index (χ0n) is 11.7. The Hall–Kier alpha value is -2.16. The minimum atomic E-state index is -0.0116. The average Bonchev–Trinajstić information content (AvgIpc) is 2.93. The van der Waals surface area contributed by atoms with Gasteiger partial charge in [-0.2, -0.15) is 0 Å². The Bertz CT molecular complexity index is 527. The van der Waals surface area contributed by atoms with Crippen molar-refractivity contribution in [2.24, 2.45) is 0 Å². The lowest BCUT2D eigenvalue weighted by Gasteiger charge is -1.96. The summed E-state index contributed by atoms with van der Waals surface area (Å²) in [5.41, 5.74) is 2.67. The molecule has 0 aliphatic carbocycles. The zero-order valence-corrected chi connectivity index (χ0v) is 11.7. The molecule has 0 unspecified atom stereocenters.